The van der Waals surface area contributed by atoms with Gasteiger partial charge in [-0.3, -0.25) is 14.9 Å². The summed E-state index contributed by atoms with van der Waals surface area (Å²) in [6.07, 6.45) is 0.569. The molecule has 6 nitrogen and oxygen atoms in total. The highest BCUT2D eigenvalue weighted by Gasteiger charge is 2.36. The molecule has 0 radical (unpaired) electrons. The molecule has 2 saturated heterocycles. The molecule has 2 aliphatic rings. The number of piperidine rings is 2. The third kappa shape index (κ3) is 4.64. The zero-order chi connectivity index (χ0) is 21.2. The van der Waals surface area contributed by atoms with Crippen molar-refractivity contribution in [2.75, 3.05) is 24.5 Å². The average molecular weight is 413 g/mol. The summed E-state index contributed by atoms with van der Waals surface area (Å²) >= 11 is 0. The monoisotopic (exact) mass is 413 g/mol. The Morgan fingerprint density at radius 2 is 1.86 bits per heavy atom. The van der Waals surface area contributed by atoms with Crippen molar-refractivity contribution in [3.05, 3.63) is 33.9 Å². The molecular weight excluding hydrogens is 387 g/mol. The molecule has 0 aliphatic carbocycles. The molecule has 2 aliphatic heterocycles. The summed E-state index contributed by atoms with van der Waals surface area (Å²) < 4.78 is 38.7. The van der Waals surface area contributed by atoms with Gasteiger partial charge in [0.05, 0.1) is 10.5 Å². The van der Waals surface area contributed by atoms with Crippen LogP contribution in [0.3, 0.4) is 0 Å². The van der Waals surface area contributed by atoms with Gasteiger partial charge in [-0.1, -0.05) is 6.92 Å². The normalized spacial score (nSPS) is 21.3. The van der Waals surface area contributed by atoms with Crippen molar-refractivity contribution >= 4 is 17.3 Å². The fourth-order valence-corrected chi connectivity index (χ4v) is 4.43. The van der Waals surface area contributed by atoms with Crippen molar-refractivity contribution in [2.45, 2.75) is 57.7 Å². The van der Waals surface area contributed by atoms with E-state index in [1.54, 1.807) is 4.90 Å². The number of hydrogen-bond acceptors (Lipinski definition) is 4. The lowest BCUT2D eigenvalue weighted by atomic mass is 9.91. The maximum Gasteiger partial charge on any atom is 0.416 e. The Hall–Kier alpha value is -2.32. The number of nitrogens with zero attached hydrogens (tertiary/aromatic N) is 3. The minimum absolute atomic E-state index is 0.132. The highest BCUT2D eigenvalue weighted by Crippen LogP contribution is 2.38. The Kier molecular flexibility index (Phi) is 6.33. The van der Waals surface area contributed by atoms with Crippen molar-refractivity contribution in [3.63, 3.8) is 0 Å². The van der Waals surface area contributed by atoms with Crippen molar-refractivity contribution in [3.8, 4) is 0 Å². The smallest absolute Gasteiger partial charge is 0.366 e. The van der Waals surface area contributed by atoms with Crippen molar-refractivity contribution < 1.29 is 22.9 Å². The molecular formula is C20H26F3N3O3. The SMILES string of the molecule is CCC1CCCCN1C(=O)C1CCN(c2ccc(C(F)(F)F)cc2[N+](=O)[O-])CC1. The fraction of sp³-hybridized carbons (Fsp3) is 0.650. The van der Waals surface area contributed by atoms with Gasteiger partial charge in [-0.25, -0.2) is 0 Å². The quantitative estimate of drug-likeness (QED) is 0.534. The van der Waals surface area contributed by atoms with E-state index in [9.17, 15) is 28.1 Å². The summed E-state index contributed by atoms with van der Waals surface area (Å²) in [5.41, 5.74) is -1.40. The van der Waals surface area contributed by atoms with Gasteiger partial charge in [-0.2, -0.15) is 13.2 Å². The molecule has 0 bridgehead atoms. The van der Waals surface area contributed by atoms with E-state index in [0.29, 0.717) is 32.0 Å². The number of anilines is 1. The first-order chi connectivity index (χ1) is 13.7. The van der Waals surface area contributed by atoms with E-state index >= 15 is 0 Å². The molecule has 3 rings (SSSR count). The highest BCUT2D eigenvalue weighted by atomic mass is 19.4. The van der Waals surface area contributed by atoms with Gasteiger partial charge in [0.1, 0.15) is 5.69 Å². The van der Waals surface area contributed by atoms with Gasteiger partial charge in [0, 0.05) is 37.7 Å². The molecule has 1 atom stereocenters. The molecule has 0 spiro atoms. The van der Waals surface area contributed by atoms with Crippen LogP contribution in [0.25, 0.3) is 0 Å². The molecule has 0 N–H and O–H groups in total. The second-order valence-corrected chi connectivity index (χ2v) is 7.81. The minimum Gasteiger partial charge on any atom is -0.366 e. The molecule has 2 heterocycles. The largest absolute Gasteiger partial charge is 0.416 e. The lowest BCUT2D eigenvalue weighted by molar-refractivity contribution is -0.384. The van der Waals surface area contributed by atoms with Crippen LogP contribution < -0.4 is 4.90 Å². The summed E-state index contributed by atoms with van der Waals surface area (Å²) in [6.45, 7) is 3.69. The lowest BCUT2D eigenvalue weighted by Gasteiger charge is -2.40. The number of nitro groups is 1. The topological polar surface area (TPSA) is 66.7 Å². The van der Waals surface area contributed by atoms with E-state index in [1.165, 1.54) is 6.07 Å². The van der Waals surface area contributed by atoms with E-state index in [-0.39, 0.29) is 23.6 Å². The first-order valence-electron chi connectivity index (χ1n) is 10.1. The zero-order valence-corrected chi connectivity index (χ0v) is 16.5. The second-order valence-electron chi connectivity index (χ2n) is 7.81. The average Bonchev–Trinajstić information content (AvgIpc) is 2.72. The number of likely N-dealkylation sites (tertiary alicyclic amines) is 1. The Morgan fingerprint density at radius 3 is 2.45 bits per heavy atom. The van der Waals surface area contributed by atoms with Crippen LogP contribution in [0.1, 0.15) is 51.0 Å². The third-order valence-corrected chi connectivity index (χ3v) is 6.07. The summed E-state index contributed by atoms with van der Waals surface area (Å²) in [4.78, 5) is 27.2. The number of benzene rings is 1. The summed E-state index contributed by atoms with van der Waals surface area (Å²) in [5.74, 6) is 0.0185. The van der Waals surface area contributed by atoms with Gasteiger partial charge in [0.25, 0.3) is 5.69 Å². The molecule has 1 aromatic carbocycles. The molecule has 29 heavy (non-hydrogen) atoms. The first-order valence-corrected chi connectivity index (χ1v) is 10.1. The van der Waals surface area contributed by atoms with E-state index in [1.807, 2.05) is 4.90 Å². The van der Waals surface area contributed by atoms with Crippen LogP contribution >= 0.6 is 0 Å². The van der Waals surface area contributed by atoms with Gasteiger partial charge < -0.3 is 9.80 Å². The molecule has 1 aromatic rings. The predicted molar refractivity (Wildman–Crippen MR) is 103 cm³/mol. The number of hydrogen-bond donors (Lipinski definition) is 0. The second kappa shape index (κ2) is 8.59. The number of nitro benzene ring substituents is 1. The fourth-order valence-electron chi connectivity index (χ4n) is 4.43. The molecule has 160 valence electrons. The Bertz CT molecular complexity index is 761. The molecule has 2 fully saturated rings. The summed E-state index contributed by atoms with van der Waals surface area (Å²) in [5, 5.41) is 11.3. The number of alkyl halides is 3. The first kappa shape index (κ1) is 21.4. The third-order valence-electron chi connectivity index (χ3n) is 6.07. The molecule has 0 saturated carbocycles. The molecule has 9 heteroatoms. The highest BCUT2D eigenvalue weighted by molar-refractivity contribution is 5.80. The molecule has 0 aromatic heterocycles. The van der Waals surface area contributed by atoms with E-state index in [4.69, 9.17) is 0 Å². The van der Waals surface area contributed by atoms with E-state index in [2.05, 4.69) is 6.92 Å². The number of halogens is 3. The number of rotatable bonds is 4. The maximum absolute atomic E-state index is 13.0. The lowest BCUT2D eigenvalue weighted by Crippen LogP contribution is -2.48. The molecule has 1 unspecified atom stereocenters. The van der Waals surface area contributed by atoms with Crippen LogP contribution in [-0.2, 0) is 11.0 Å². The van der Waals surface area contributed by atoms with Gasteiger partial charge in [0.2, 0.25) is 5.91 Å². The van der Waals surface area contributed by atoms with Gasteiger partial charge in [0.15, 0.2) is 0 Å². The van der Waals surface area contributed by atoms with Crippen molar-refractivity contribution in [1.82, 2.24) is 4.90 Å². The van der Waals surface area contributed by atoms with Crippen molar-refractivity contribution in [1.29, 1.82) is 0 Å². The Morgan fingerprint density at radius 1 is 1.17 bits per heavy atom. The van der Waals surface area contributed by atoms with E-state index < -0.39 is 22.4 Å². The van der Waals surface area contributed by atoms with Gasteiger partial charge in [-0.15, -0.1) is 0 Å². The number of amides is 1. The summed E-state index contributed by atoms with van der Waals surface area (Å²) in [6, 6.07) is 2.91. The minimum atomic E-state index is -4.63. The van der Waals surface area contributed by atoms with E-state index in [0.717, 1.165) is 38.3 Å². The van der Waals surface area contributed by atoms with Crippen molar-refractivity contribution in [2.24, 2.45) is 5.92 Å². The van der Waals surface area contributed by atoms with Crippen LogP contribution in [0, 0.1) is 16.0 Å². The van der Waals surface area contributed by atoms with Gasteiger partial charge in [-0.05, 0) is 50.7 Å². The van der Waals surface area contributed by atoms with Crippen LogP contribution in [-0.4, -0.2) is 41.4 Å². The number of carbonyl (C=O) groups excluding carboxylic acids is 1. The number of carbonyl (C=O) groups is 1. The predicted octanol–water partition coefficient (Wildman–Crippen LogP) is 4.62. The van der Waals surface area contributed by atoms with Crippen LogP contribution in [0.2, 0.25) is 0 Å². The zero-order valence-electron chi connectivity index (χ0n) is 16.5. The maximum atomic E-state index is 13.0. The van der Waals surface area contributed by atoms with Crippen LogP contribution in [0.15, 0.2) is 18.2 Å². The Labute approximate surface area is 167 Å². The van der Waals surface area contributed by atoms with Crippen LogP contribution in [0.4, 0.5) is 24.5 Å². The molecule has 1 amide bonds. The Balaban J connectivity index is 1.70. The van der Waals surface area contributed by atoms with Gasteiger partial charge >= 0.3 is 6.18 Å². The standard InChI is InChI=1S/C20H26F3N3O3/c1-2-16-5-3-4-10-25(16)19(27)14-8-11-24(12-9-14)17-7-6-15(20(21,22)23)13-18(17)26(28)29/h6-7,13-14,16H,2-5,8-12H2,1H3. The van der Waals surface area contributed by atoms with Crippen LogP contribution in [0.5, 0.6) is 0 Å². The summed E-state index contributed by atoms with van der Waals surface area (Å²) in [7, 11) is 0.